The Balaban J connectivity index is 1.90. The minimum Gasteiger partial charge on any atom is -0.327 e. The van der Waals surface area contributed by atoms with Crippen molar-refractivity contribution >= 4 is 0 Å². The van der Waals surface area contributed by atoms with Crippen LogP contribution in [0, 0.1) is 17.3 Å². The minimum atomic E-state index is 0.431. The van der Waals surface area contributed by atoms with Gasteiger partial charge in [-0.3, -0.25) is 0 Å². The van der Waals surface area contributed by atoms with Gasteiger partial charge in [-0.15, -0.1) is 0 Å². The largest absolute Gasteiger partial charge is 0.327 e. The Morgan fingerprint density at radius 1 is 1.23 bits per heavy atom. The van der Waals surface area contributed by atoms with E-state index in [1.54, 1.807) is 0 Å². The van der Waals surface area contributed by atoms with E-state index < -0.39 is 0 Å². The fourth-order valence-corrected chi connectivity index (χ4v) is 3.01. The van der Waals surface area contributed by atoms with Crippen molar-refractivity contribution < 1.29 is 0 Å². The number of likely N-dealkylation sites (tertiary alicyclic amines) is 1. The van der Waals surface area contributed by atoms with Crippen molar-refractivity contribution in [3.63, 3.8) is 0 Å². The molecule has 2 nitrogen and oxygen atoms in total. The van der Waals surface area contributed by atoms with Crippen molar-refractivity contribution in [3.8, 4) is 0 Å². The number of nitrogens with two attached hydrogens (primary N) is 1. The highest BCUT2D eigenvalue weighted by atomic mass is 15.1. The van der Waals surface area contributed by atoms with Crippen LogP contribution in [0.4, 0.5) is 0 Å². The molecule has 0 bridgehead atoms. The number of piperidine rings is 1. The molecular weight excluding hydrogens is 160 g/mol. The summed E-state index contributed by atoms with van der Waals surface area (Å²) in [4.78, 5) is 2.43. The molecule has 0 aromatic heterocycles. The van der Waals surface area contributed by atoms with Crippen LogP contribution in [0.25, 0.3) is 0 Å². The molecular formula is C11H22N2. The van der Waals surface area contributed by atoms with Crippen molar-refractivity contribution in [3.05, 3.63) is 0 Å². The van der Waals surface area contributed by atoms with Gasteiger partial charge in [0, 0.05) is 6.04 Å². The van der Waals surface area contributed by atoms with Gasteiger partial charge in [0.1, 0.15) is 0 Å². The summed E-state index contributed by atoms with van der Waals surface area (Å²) in [7, 11) is 2.22. The molecule has 1 saturated carbocycles. The van der Waals surface area contributed by atoms with E-state index in [0.29, 0.717) is 11.5 Å². The van der Waals surface area contributed by atoms with E-state index >= 15 is 0 Å². The Morgan fingerprint density at radius 2 is 1.69 bits per heavy atom. The highest BCUT2D eigenvalue weighted by molar-refractivity contribution is 5.11. The van der Waals surface area contributed by atoms with Crippen molar-refractivity contribution in [2.45, 2.75) is 32.7 Å². The number of rotatable bonds is 1. The topological polar surface area (TPSA) is 29.3 Å². The third-order valence-electron chi connectivity index (χ3n) is 4.27. The zero-order valence-corrected chi connectivity index (χ0v) is 9.09. The summed E-state index contributed by atoms with van der Waals surface area (Å²) < 4.78 is 0. The molecule has 0 spiro atoms. The van der Waals surface area contributed by atoms with Gasteiger partial charge in [0.15, 0.2) is 0 Å². The molecule has 2 heteroatoms. The Morgan fingerprint density at radius 3 is 2.08 bits per heavy atom. The van der Waals surface area contributed by atoms with E-state index in [-0.39, 0.29) is 0 Å². The van der Waals surface area contributed by atoms with Gasteiger partial charge in [-0.2, -0.15) is 0 Å². The molecule has 0 radical (unpaired) electrons. The second-order valence-electron chi connectivity index (χ2n) is 5.51. The molecule has 1 saturated heterocycles. The highest BCUT2D eigenvalue weighted by Gasteiger charge is 2.58. The average molecular weight is 182 g/mol. The van der Waals surface area contributed by atoms with Crippen LogP contribution < -0.4 is 5.73 Å². The molecule has 1 aliphatic heterocycles. The molecule has 2 aliphatic rings. The molecule has 0 aromatic rings. The number of hydrogen-bond donors (Lipinski definition) is 1. The van der Waals surface area contributed by atoms with Crippen LogP contribution in [0.15, 0.2) is 0 Å². The van der Waals surface area contributed by atoms with Crippen molar-refractivity contribution in [2.24, 2.45) is 23.0 Å². The van der Waals surface area contributed by atoms with Crippen LogP contribution >= 0.6 is 0 Å². The zero-order valence-electron chi connectivity index (χ0n) is 9.09. The van der Waals surface area contributed by atoms with Crippen LogP contribution in [-0.2, 0) is 0 Å². The smallest absolute Gasteiger partial charge is 0.0130 e. The first-order chi connectivity index (χ1) is 6.03. The van der Waals surface area contributed by atoms with Gasteiger partial charge in [0.2, 0.25) is 0 Å². The lowest BCUT2D eigenvalue weighted by Gasteiger charge is -2.29. The molecule has 0 unspecified atom stereocenters. The van der Waals surface area contributed by atoms with Crippen molar-refractivity contribution in [1.82, 2.24) is 4.90 Å². The zero-order chi connectivity index (χ0) is 9.64. The molecule has 2 atom stereocenters. The predicted octanol–water partition coefficient (Wildman–Crippen LogP) is 1.31. The molecule has 1 aliphatic carbocycles. The van der Waals surface area contributed by atoms with E-state index in [4.69, 9.17) is 5.73 Å². The van der Waals surface area contributed by atoms with Gasteiger partial charge in [-0.05, 0) is 50.2 Å². The lowest BCUT2D eigenvalue weighted by atomic mass is 9.88. The van der Waals surface area contributed by atoms with Crippen LogP contribution in [0.2, 0.25) is 0 Å². The molecule has 76 valence electrons. The van der Waals surface area contributed by atoms with Crippen LogP contribution in [0.3, 0.4) is 0 Å². The Labute approximate surface area is 81.5 Å². The van der Waals surface area contributed by atoms with E-state index in [9.17, 15) is 0 Å². The van der Waals surface area contributed by atoms with Crippen LogP contribution in [-0.4, -0.2) is 31.1 Å². The highest BCUT2D eigenvalue weighted by Crippen LogP contribution is 2.56. The van der Waals surface area contributed by atoms with Crippen molar-refractivity contribution in [1.29, 1.82) is 0 Å². The Bertz CT molecular complexity index is 192. The molecule has 2 fully saturated rings. The monoisotopic (exact) mass is 182 g/mol. The summed E-state index contributed by atoms with van der Waals surface area (Å²) in [5.74, 6) is 1.71. The lowest BCUT2D eigenvalue weighted by molar-refractivity contribution is 0.192. The standard InChI is InChI=1S/C11H22N2/c1-11(2)9(10(11)12)8-4-6-13(3)7-5-8/h8-10H,4-7,12H2,1-3H3/t9-,10-/m0/s1. The van der Waals surface area contributed by atoms with Gasteiger partial charge >= 0.3 is 0 Å². The van der Waals surface area contributed by atoms with Gasteiger partial charge < -0.3 is 10.6 Å². The minimum absolute atomic E-state index is 0.431. The summed E-state index contributed by atoms with van der Waals surface area (Å²) in [5, 5.41) is 0. The Hall–Kier alpha value is -0.0800. The van der Waals surface area contributed by atoms with E-state index in [0.717, 1.165) is 11.8 Å². The van der Waals surface area contributed by atoms with Crippen LogP contribution in [0.5, 0.6) is 0 Å². The summed E-state index contributed by atoms with van der Waals surface area (Å²) in [6.07, 6.45) is 2.72. The SMILES string of the molecule is CN1CCC([C@H]2[C@H](N)C2(C)C)CC1. The lowest BCUT2D eigenvalue weighted by Crippen LogP contribution is -2.32. The van der Waals surface area contributed by atoms with Crippen molar-refractivity contribution in [2.75, 3.05) is 20.1 Å². The van der Waals surface area contributed by atoms with Gasteiger partial charge in [-0.1, -0.05) is 13.8 Å². The maximum atomic E-state index is 6.10. The maximum Gasteiger partial charge on any atom is 0.0130 e. The molecule has 2 rings (SSSR count). The number of nitrogens with zero attached hydrogens (tertiary/aromatic N) is 1. The van der Waals surface area contributed by atoms with E-state index in [1.807, 2.05) is 0 Å². The first-order valence-electron chi connectivity index (χ1n) is 5.47. The molecule has 0 amide bonds. The summed E-state index contributed by atoms with van der Waals surface area (Å²) in [6.45, 7) is 7.18. The summed E-state index contributed by atoms with van der Waals surface area (Å²) >= 11 is 0. The first kappa shape index (κ1) is 9.47. The van der Waals surface area contributed by atoms with E-state index in [1.165, 1.54) is 25.9 Å². The number of hydrogen-bond acceptors (Lipinski definition) is 2. The summed E-state index contributed by atoms with van der Waals surface area (Å²) in [6, 6.07) is 0.473. The third-order valence-corrected chi connectivity index (χ3v) is 4.27. The Kier molecular flexibility index (Phi) is 2.16. The quantitative estimate of drug-likeness (QED) is 0.662. The second kappa shape index (κ2) is 2.96. The molecule has 13 heavy (non-hydrogen) atoms. The average Bonchev–Trinajstić information content (AvgIpc) is 2.55. The fraction of sp³-hybridized carbons (Fsp3) is 1.00. The first-order valence-corrected chi connectivity index (χ1v) is 5.47. The van der Waals surface area contributed by atoms with Gasteiger partial charge in [-0.25, -0.2) is 0 Å². The third kappa shape index (κ3) is 1.50. The summed E-state index contributed by atoms with van der Waals surface area (Å²) in [5.41, 5.74) is 6.53. The molecule has 0 aromatic carbocycles. The van der Waals surface area contributed by atoms with Gasteiger partial charge in [0.25, 0.3) is 0 Å². The van der Waals surface area contributed by atoms with Gasteiger partial charge in [0.05, 0.1) is 0 Å². The van der Waals surface area contributed by atoms with E-state index in [2.05, 4.69) is 25.8 Å². The normalized spacial score (nSPS) is 40.6. The fourth-order valence-electron chi connectivity index (χ4n) is 3.01. The predicted molar refractivity (Wildman–Crippen MR) is 55.5 cm³/mol. The maximum absolute atomic E-state index is 6.10. The molecule has 1 heterocycles. The second-order valence-corrected chi connectivity index (χ2v) is 5.51. The van der Waals surface area contributed by atoms with Crippen LogP contribution in [0.1, 0.15) is 26.7 Å². The molecule has 2 N–H and O–H groups in total.